The van der Waals surface area contributed by atoms with Crippen molar-refractivity contribution in [1.29, 1.82) is 0 Å². The molecular formula is C16H25BrN2O6S2. The molecule has 8 nitrogen and oxygen atoms in total. The van der Waals surface area contributed by atoms with Crippen LogP contribution in [-0.2, 0) is 20.0 Å². The fourth-order valence-electron chi connectivity index (χ4n) is 2.81. The highest BCUT2D eigenvalue weighted by atomic mass is 79.9. The molecule has 0 radical (unpaired) electrons. The van der Waals surface area contributed by atoms with Crippen molar-refractivity contribution in [3.8, 4) is 5.75 Å². The fraction of sp³-hybridized carbons (Fsp3) is 0.625. The van der Waals surface area contributed by atoms with Gasteiger partial charge in [-0.2, -0.15) is 4.31 Å². The van der Waals surface area contributed by atoms with Gasteiger partial charge in [0.1, 0.15) is 16.7 Å². The van der Waals surface area contributed by atoms with E-state index in [4.69, 9.17) is 4.74 Å². The molecule has 11 heteroatoms. The maximum Gasteiger partial charge on any atom is 0.247 e. The minimum absolute atomic E-state index is 0.00934. The zero-order chi connectivity index (χ0) is 20.6. The van der Waals surface area contributed by atoms with E-state index in [1.165, 1.54) is 21.7 Å². The van der Waals surface area contributed by atoms with E-state index in [0.29, 0.717) is 4.47 Å². The maximum absolute atomic E-state index is 13.1. The van der Waals surface area contributed by atoms with Crippen LogP contribution < -0.4 is 4.74 Å². The standard InChI is InChI=1S/C16H25BrN2O6S2/c1-11-8-19(12(2)10-20)27(23,24)16-6-5-13(17)7-14(16)25-15(11)9-18(3)26(4,21)22/h5-7,11-12,15,20H,8-10H2,1-4H3/t11-,12+,15+/m0/s1. The maximum atomic E-state index is 13.1. The van der Waals surface area contributed by atoms with Gasteiger partial charge in [-0.25, -0.2) is 21.1 Å². The molecule has 0 spiro atoms. The minimum atomic E-state index is -3.89. The molecule has 1 aliphatic heterocycles. The molecule has 0 fully saturated rings. The lowest BCUT2D eigenvalue weighted by molar-refractivity contribution is 0.0905. The van der Waals surface area contributed by atoms with Gasteiger partial charge >= 0.3 is 0 Å². The quantitative estimate of drug-likeness (QED) is 0.670. The van der Waals surface area contributed by atoms with Crippen molar-refractivity contribution in [3.05, 3.63) is 22.7 Å². The normalized spacial score (nSPS) is 24.6. The van der Waals surface area contributed by atoms with Crippen molar-refractivity contribution >= 4 is 36.0 Å². The molecule has 0 amide bonds. The summed E-state index contributed by atoms with van der Waals surface area (Å²) in [4.78, 5) is -0.00934. The molecule has 1 aliphatic rings. The summed E-state index contributed by atoms with van der Waals surface area (Å²) < 4.78 is 59.0. The number of aliphatic hydroxyl groups excluding tert-OH is 1. The number of rotatable bonds is 5. The van der Waals surface area contributed by atoms with Crippen LogP contribution in [0.15, 0.2) is 27.6 Å². The number of hydrogen-bond donors (Lipinski definition) is 1. The van der Waals surface area contributed by atoms with Crippen LogP contribution in [0.4, 0.5) is 0 Å². The van der Waals surface area contributed by atoms with E-state index in [-0.39, 0.29) is 36.3 Å². The Bertz CT molecular complexity index is 890. The Morgan fingerprint density at radius 2 is 2.07 bits per heavy atom. The fourth-order valence-corrected chi connectivity index (χ4v) is 5.39. The highest BCUT2D eigenvalue weighted by molar-refractivity contribution is 9.10. The van der Waals surface area contributed by atoms with Gasteiger partial charge in [-0.1, -0.05) is 22.9 Å². The third kappa shape index (κ3) is 5.01. The van der Waals surface area contributed by atoms with Gasteiger partial charge in [-0.15, -0.1) is 0 Å². The van der Waals surface area contributed by atoms with Crippen LogP contribution in [0.1, 0.15) is 13.8 Å². The first kappa shape index (κ1) is 22.6. The zero-order valence-electron chi connectivity index (χ0n) is 15.7. The van der Waals surface area contributed by atoms with Crippen LogP contribution in [0.2, 0.25) is 0 Å². The van der Waals surface area contributed by atoms with E-state index in [0.717, 1.165) is 6.26 Å². The van der Waals surface area contributed by atoms with E-state index in [1.807, 2.05) is 0 Å². The highest BCUT2D eigenvalue weighted by Crippen LogP contribution is 2.35. The predicted molar refractivity (Wildman–Crippen MR) is 106 cm³/mol. The molecule has 1 aromatic carbocycles. The molecule has 27 heavy (non-hydrogen) atoms. The third-order valence-electron chi connectivity index (χ3n) is 4.63. The first-order chi connectivity index (χ1) is 12.4. The summed E-state index contributed by atoms with van der Waals surface area (Å²) in [5.74, 6) is -0.164. The summed E-state index contributed by atoms with van der Waals surface area (Å²) in [5, 5.41) is 9.55. The summed E-state index contributed by atoms with van der Waals surface area (Å²) in [6.07, 6.45) is 0.539. The molecule has 0 bridgehead atoms. The van der Waals surface area contributed by atoms with Crippen molar-refractivity contribution in [3.63, 3.8) is 0 Å². The number of likely N-dealkylation sites (N-methyl/N-ethyl adjacent to an activating group) is 1. The number of fused-ring (bicyclic) bond motifs is 1. The molecule has 2 rings (SSSR count). The number of nitrogens with zero attached hydrogens (tertiary/aromatic N) is 2. The molecule has 3 atom stereocenters. The van der Waals surface area contributed by atoms with Crippen molar-refractivity contribution in [2.24, 2.45) is 5.92 Å². The monoisotopic (exact) mass is 484 g/mol. The smallest absolute Gasteiger partial charge is 0.247 e. The van der Waals surface area contributed by atoms with E-state index in [2.05, 4.69) is 15.9 Å². The van der Waals surface area contributed by atoms with Gasteiger partial charge in [-0.3, -0.25) is 0 Å². The molecular weight excluding hydrogens is 460 g/mol. The van der Waals surface area contributed by atoms with Crippen LogP contribution in [0.3, 0.4) is 0 Å². The number of ether oxygens (including phenoxy) is 1. The van der Waals surface area contributed by atoms with Gasteiger partial charge in [0.05, 0.1) is 19.4 Å². The van der Waals surface area contributed by atoms with E-state index >= 15 is 0 Å². The topological polar surface area (TPSA) is 104 Å². The van der Waals surface area contributed by atoms with Crippen LogP contribution >= 0.6 is 15.9 Å². The lowest BCUT2D eigenvalue weighted by Gasteiger charge is -2.37. The number of benzene rings is 1. The van der Waals surface area contributed by atoms with Crippen molar-refractivity contribution in [2.75, 3.05) is 33.0 Å². The van der Waals surface area contributed by atoms with E-state index in [1.54, 1.807) is 26.0 Å². The average molecular weight is 485 g/mol. The summed E-state index contributed by atoms with van der Waals surface area (Å²) in [6.45, 7) is 3.28. The van der Waals surface area contributed by atoms with Crippen LogP contribution in [0.5, 0.6) is 5.75 Å². The Balaban J connectivity index is 2.56. The SMILES string of the molecule is C[C@H](CO)N1C[C@H](C)[C@@H](CN(C)S(C)(=O)=O)Oc2cc(Br)ccc2S1(=O)=O. The second-order valence-corrected chi connectivity index (χ2v) is 11.7. The molecule has 0 aromatic heterocycles. The summed E-state index contributed by atoms with van der Waals surface area (Å²) in [5.41, 5.74) is 0. The minimum Gasteiger partial charge on any atom is -0.487 e. The van der Waals surface area contributed by atoms with E-state index in [9.17, 15) is 21.9 Å². The highest BCUT2D eigenvalue weighted by Gasteiger charge is 2.38. The van der Waals surface area contributed by atoms with Gasteiger partial charge in [0.25, 0.3) is 0 Å². The van der Waals surface area contributed by atoms with Gasteiger partial charge in [0.2, 0.25) is 20.0 Å². The molecule has 0 saturated carbocycles. The van der Waals surface area contributed by atoms with Gasteiger partial charge < -0.3 is 9.84 Å². The molecule has 1 aromatic rings. The van der Waals surface area contributed by atoms with Crippen molar-refractivity contribution in [1.82, 2.24) is 8.61 Å². The third-order valence-corrected chi connectivity index (χ3v) is 8.43. The number of halogens is 1. The summed E-state index contributed by atoms with van der Waals surface area (Å²) in [7, 11) is -5.85. The van der Waals surface area contributed by atoms with Crippen LogP contribution in [0, 0.1) is 5.92 Å². The summed E-state index contributed by atoms with van der Waals surface area (Å²) in [6, 6.07) is 3.98. The Morgan fingerprint density at radius 3 is 2.63 bits per heavy atom. The van der Waals surface area contributed by atoms with Crippen molar-refractivity contribution < 1.29 is 26.7 Å². The zero-order valence-corrected chi connectivity index (χ0v) is 18.9. The Labute approximate surface area is 169 Å². The second-order valence-electron chi connectivity index (χ2n) is 6.87. The Hall–Kier alpha value is -0.720. The van der Waals surface area contributed by atoms with Crippen molar-refractivity contribution in [2.45, 2.75) is 30.9 Å². The Morgan fingerprint density at radius 1 is 1.44 bits per heavy atom. The molecule has 0 aliphatic carbocycles. The van der Waals surface area contributed by atoms with Crippen LogP contribution in [0.25, 0.3) is 0 Å². The number of sulfonamides is 2. The van der Waals surface area contributed by atoms with Gasteiger partial charge in [0, 0.05) is 30.0 Å². The summed E-state index contributed by atoms with van der Waals surface area (Å²) >= 11 is 3.31. The lowest BCUT2D eigenvalue weighted by Crippen LogP contribution is -2.50. The number of hydrogen-bond acceptors (Lipinski definition) is 6. The molecule has 0 unspecified atom stereocenters. The van der Waals surface area contributed by atoms with Gasteiger partial charge in [0.15, 0.2) is 0 Å². The predicted octanol–water partition coefficient (Wildman–Crippen LogP) is 1.11. The lowest BCUT2D eigenvalue weighted by atomic mass is 10.0. The van der Waals surface area contributed by atoms with E-state index < -0.39 is 32.2 Å². The molecule has 0 saturated heterocycles. The molecule has 1 N–H and O–H groups in total. The van der Waals surface area contributed by atoms with Crippen LogP contribution in [-0.4, -0.2) is 75.7 Å². The first-order valence-electron chi connectivity index (χ1n) is 8.38. The second kappa shape index (κ2) is 8.34. The first-order valence-corrected chi connectivity index (χ1v) is 12.5. The molecule has 154 valence electrons. The average Bonchev–Trinajstić information content (AvgIpc) is 2.56. The Kier molecular flexibility index (Phi) is 6.97. The largest absolute Gasteiger partial charge is 0.487 e. The van der Waals surface area contributed by atoms with Gasteiger partial charge in [-0.05, 0) is 25.1 Å². The molecule has 1 heterocycles. The number of aliphatic hydroxyl groups is 1.